The number of aromatic nitrogens is 2. The van der Waals surface area contributed by atoms with Crippen LogP contribution in [0.5, 0.6) is 0 Å². The zero-order valence-electron chi connectivity index (χ0n) is 17.7. The van der Waals surface area contributed by atoms with Crippen molar-refractivity contribution in [2.45, 2.75) is 40.7 Å². The van der Waals surface area contributed by atoms with Crippen LogP contribution in [0.3, 0.4) is 0 Å². The third-order valence-electron chi connectivity index (χ3n) is 4.48. The summed E-state index contributed by atoms with van der Waals surface area (Å²) in [7, 11) is 1.57. The molecule has 158 valence electrons. The maximum absolute atomic E-state index is 13.4. The predicted octanol–water partition coefficient (Wildman–Crippen LogP) is 2.07. The number of nitrogens with two attached hydrogens (primary N) is 1. The highest BCUT2D eigenvalue weighted by molar-refractivity contribution is 6.07. The molecule has 8 heteroatoms. The molecule has 0 bridgehead atoms. The smallest absolute Gasteiger partial charge is 0.330 e. The minimum atomic E-state index is -0.678. The molecule has 0 spiro atoms. The minimum absolute atomic E-state index is 0.00878. The molecule has 1 amide bonds. The molecule has 0 aliphatic rings. The molecule has 0 aliphatic heterocycles. The highest BCUT2D eigenvalue weighted by atomic mass is 16.5. The number of rotatable bonds is 8. The Morgan fingerprint density at radius 1 is 1.21 bits per heavy atom. The third kappa shape index (κ3) is 5.35. The summed E-state index contributed by atoms with van der Waals surface area (Å²) >= 11 is 0. The Hall–Kier alpha value is -2.87. The van der Waals surface area contributed by atoms with Gasteiger partial charge in [-0.15, -0.1) is 0 Å². The zero-order valence-corrected chi connectivity index (χ0v) is 17.7. The van der Waals surface area contributed by atoms with Gasteiger partial charge in [0.15, 0.2) is 5.69 Å². The van der Waals surface area contributed by atoms with E-state index in [0.29, 0.717) is 25.1 Å². The number of carbonyl (C=O) groups is 1. The second-order valence-corrected chi connectivity index (χ2v) is 7.68. The number of carbonyl (C=O) groups excluding carboxylic acids is 1. The first kappa shape index (κ1) is 22.4. The largest absolute Gasteiger partial charge is 0.385 e. The lowest BCUT2D eigenvalue weighted by molar-refractivity contribution is 0.0983. The lowest BCUT2D eigenvalue weighted by Gasteiger charge is -2.25. The van der Waals surface area contributed by atoms with Crippen LogP contribution in [0.15, 0.2) is 27.8 Å². The zero-order chi connectivity index (χ0) is 21.7. The summed E-state index contributed by atoms with van der Waals surface area (Å²) in [6, 6.07) is 5.51. The van der Waals surface area contributed by atoms with E-state index in [1.807, 2.05) is 33.8 Å². The number of nitrogen functional groups attached to an aromatic ring is 1. The van der Waals surface area contributed by atoms with Crippen molar-refractivity contribution in [2.75, 3.05) is 30.9 Å². The first-order valence-electron chi connectivity index (χ1n) is 9.67. The van der Waals surface area contributed by atoms with Crippen LogP contribution in [-0.4, -0.2) is 35.7 Å². The van der Waals surface area contributed by atoms with E-state index in [1.165, 1.54) is 9.47 Å². The fourth-order valence-corrected chi connectivity index (χ4v) is 3.32. The number of anilines is 2. The first-order valence-corrected chi connectivity index (χ1v) is 9.67. The fourth-order valence-electron chi connectivity index (χ4n) is 3.32. The van der Waals surface area contributed by atoms with Crippen LogP contribution in [0.25, 0.3) is 0 Å². The van der Waals surface area contributed by atoms with Crippen LogP contribution in [0.2, 0.25) is 0 Å². The third-order valence-corrected chi connectivity index (χ3v) is 4.48. The highest BCUT2D eigenvalue weighted by Crippen LogP contribution is 2.21. The number of hydrogen-bond acceptors (Lipinski definition) is 5. The van der Waals surface area contributed by atoms with E-state index < -0.39 is 11.2 Å². The van der Waals surface area contributed by atoms with E-state index in [-0.39, 0.29) is 29.9 Å². The summed E-state index contributed by atoms with van der Waals surface area (Å²) in [5.41, 5.74) is 7.30. The van der Waals surface area contributed by atoms with Gasteiger partial charge in [0.2, 0.25) is 0 Å². The van der Waals surface area contributed by atoms with Gasteiger partial charge in [0.1, 0.15) is 5.82 Å². The molecule has 0 atom stereocenters. The van der Waals surface area contributed by atoms with E-state index in [9.17, 15) is 14.4 Å². The molecular formula is C21H30N4O4. The fraction of sp³-hybridized carbons (Fsp3) is 0.476. The van der Waals surface area contributed by atoms with Gasteiger partial charge in [-0.2, -0.15) is 0 Å². The summed E-state index contributed by atoms with van der Waals surface area (Å²) in [6.45, 7) is 8.67. The van der Waals surface area contributed by atoms with Crippen LogP contribution in [0.1, 0.15) is 41.8 Å². The number of amides is 1. The molecule has 0 saturated carbocycles. The molecule has 1 aromatic carbocycles. The van der Waals surface area contributed by atoms with Crippen LogP contribution in [0, 0.1) is 19.8 Å². The summed E-state index contributed by atoms with van der Waals surface area (Å²) in [4.78, 5) is 41.9. The Kier molecular flexibility index (Phi) is 7.39. The molecule has 0 aliphatic carbocycles. The Balaban J connectivity index is 2.62. The van der Waals surface area contributed by atoms with E-state index in [0.717, 1.165) is 11.1 Å². The van der Waals surface area contributed by atoms with Crippen molar-refractivity contribution in [3.63, 3.8) is 0 Å². The quantitative estimate of drug-likeness (QED) is 0.657. The number of H-pyrrole nitrogens is 1. The number of benzene rings is 1. The molecule has 1 aromatic heterocycles. The van der Waals surface area contributed by atoms with Crippen molar-refractivity contribution < 1.29 is 9.53 Å². The number of aryl methyl sites for hydroxylation is 2. The van der Waals surface area contributed by atoms with Crippen LogP contribution in [-0.2, 0) is 11.3 Å². The molecule has 1 heterocycles. The monoisotopic (exact) mass is 402 g/mol. The van der Waals surface area contributed by atoms with Gasteiger partial charge in [0.05, 0.1) is 0 Å². The van der Waals surface area contributed by atoms with Gasteiger partial charge in [-0.25, -0.2) is 4.79 Å². The Morgan fingerprint density at radius 3 is 2.38 bits per heavy atom. The number of aromatic amines is 1. The second-order valence-electron chi connectivity index (χ2n) is 7.68. The van der Waals surface area contributed by atoms with Gasteiger partial charge in [-0.1, -0.05) is 31.0 Å². The molecule has 0 radical (unpaired) electrons. The molecular weight excluding hydrogens is 372 g/mol. The molecule has 2 aromatic rings. The molecule has 3 N–H and O–H groups in total. The van der Waals surface area contributed by atoms with Gasteiger partial charge in [0, 0.05) is 32.4 Å². The minimum Gasteiger partial charge on any atom is -0.385 e. The van der Waals surface area contributed by atoms with E-state index >= 15 is 0 Å². The topological polar surface area (TPSA) is 110 Å². The van der Waals surface area contributed by atoms with E-state index in [2.05, 4.69) is 4.98 Å². The molecule has 0 saturated heterocycles. The summed E-state index contributed by atoms with van der Waals surface area (Å²) < 4.78 is 6.40. The lowest BCUT2D eigenvalue weighted by atomic mass is 10.1. The van der Waals surface area contributed by atoms with Crippen LogP contribution >= 0.6 is 0 Å². The molecule has 0 unspecified atom stereocenters. The molecule has 8 nitrogen and oxygen atoms in total. The standard InChI is InChI=1S/C21H30N4O4/c1-13(2)12-25-18(22)17(19(26)23-21(25)28)24(7-6-8-29-5)20(27)16-10-14(3)9-15(4)11-16/h9-11,13H,6-8,12,22H2,1-5H3,(H,23,26,28). The number of ether oxygens (including phenoxy) is 1. The number of nitrogens with one attached hydrogen (secondary N) is 1. The van der Waals surface area contributed by atoms with Gasteiger partial charge < -0.3 is 15.4 Å². The summed E-state index contributed by atoms with van der Waals surface area (Å²) in [5.74, 6) is -0.228. The Labute approximate surface area is 170 Å². The van der Waals surface area contributed by atoms with E-state index in [1.54, 1.807) is 19.2 Å². The van der Waals surface area contributed by atoms with Crippen molar-refractivity contribution in [3.05, 3.63) is 55.7 Å². The van der Waals surface area contributed by atoms with Crippen molar-refractivity contribution in [2.24, 2.45) is 5.92 Å². The Morgan fingerprint density at radius 2 is 1.83 bits per heavy atom. The van der Waals surface area contributed by atoms with Gasteiger partial charge in [0.25, 0.3) is 11.5 Å². The average Bonchev–Trinajstić information content (AvgIpc) is 2.62. The van der Waals surface area contributed by atoms with Crippen molar-refractivity contribution >= 4 is 17.4 Å². The lowest BCUT2D eigenvalue weighted by Crippen LogP contribution is -2.42. The van der Waals surface area contributed by atoms with Crippen molar-refractivity contribution in [3.8, 4) is 0 Å². The molecule has 29 heavy (non-hydrogen) atoms. The van der Waals surface area contributed by atoms with Crippen molar-refractivity contribution in [1.82, 2.24) is 9.55 Å². The van der Waals surface area contributed by atoms with Crippen LogP contribution < -0.4 is 21.9 Å². The van der Waals surface area contributed by atoms with Gasteiger partial charge in [-0.3, -0.25) is 19.1 Å². The summed E-state index contributed by atoms with van der Waals surface area (Å²) in [5, 5.41) is 0. The van der Waals surface area contributed by atoms with Gasteiger partial charge >= 0.3 is 5.69 Å². The average molecular weight is 402 g/mol. The first-order chi connectivity index (χ1) is 13.6. The summed E-state index contributed by atoms with van der Waals surface area (Å²) in [6.07, 6.45) is 0.509. The maximum atomic E-state index is 13.4. The number of hydrogen-bond donors (Lipinski definition) is 2. The SMILES string of the molecule is COCCCN(C(=O)c1cc(C)cc(C)c1)c1c(N)n(CC(C)C)c(=O)[nH]c1=O. The maximum Gasteiger partial charge on any atom is 0.330 e. The molecule has 0 fully saturated rings. The Bertz CT molecular complexity index is 971. The second kappa shape index (κ2) is 9.56. The predicted molar refractivity (Wildman–Crippen MR) is 115 cm³/mol. The van der Waals surface area contributed by atoms with E-state index in [4.69, 9.17) is 10.5 Å². The van der Waals surface area contributed by atoms with Gasteiger partial charge in [-0.05, 0) is 38.3 Å². The highest BCUT2D eigenvalue weighted by Gasteiger charge is 2.25. The normalized spacial score (nSPS) is 11.1. The van der Waals surface area contributed by atoms with Crippen LogP contribution in [0.4, 0.5) is 11.5 Å². The number of methoxy groups -OCH3 is 1. The van der Waals surface area contributed by atoms with Crippen molar-refractivity contribution in [1.29, 1.82) is 0 Å². The molecule has 2 rings (SSSR count). The number of nitrogens with zero attached hydrogens (tertiary/aromatic N) is 2.